The van der Waals surface area contributed by atoms with Gasteiger partial charge < -0.3 is 5.32 Å². The molecule has 84 valence electrons. The summed E-state index contributed by atoms with van der Waals surface area (Å²) in [5.41, 5.74) is 0. The molecule has 1 heterocycles. The Hall–Kier alpha value is -0.0900. The summed E-state index contributed by atoms with van der Waals surface area (Å²) >= 11 is 0. The molecule has 0 aromatic carbocycles. The molecule has 0 saturated carbocycles. The Morgan fingerprint density at radius 1 is 1.36 bits per heavy atom. The van der Waals surface area contributed by atoms with Crippen molar-refractivity contribution in [3.8, 4) is 0 Å². The van der Waals surface area contributed by atoms with Crippen molar-refractivity contribution in [2.24, 2.45) is 11.8 Å². The van der Waals surface area contributed by atoms with E-state index >= 15 is 0 Å². The highest BCUT2D eigenvalue weighted by molar-refractivity contribution is 7.91. The van der Waals surface area contributed by atoms with Gasteiger partial charge in [-0.15, -0.1) is 0 Å². The number of nitrogens with one attached hydrogen (secondary N) is 1. The van der Waals surface area contributed by atoms with Gasteiger partial charge in [0.25, 0.3) is 0 Å². The molecule has 0 radical (unpaired) electrons. The van der Waals surface area contributed by atoms with Crippen molar-refractivity contribution in [2.45, 2.75) is 33.2 Å². The first-order chi connectivity index (χ1) is 6.41. The highest BCUT2D eigenvalue weighted by atomic mass is 32.2. The minimum atomic E-state index is -2.71. The number of sulfone groups is 1. The summed E-state index contributed by atoms with van der Waals surface area (Å²) in [5.74, 6) is 1.62. The third kappa shape index (κ3) is 3.58. The normalized spacial score (nSPS) is 28.1. The van der Waals surface area contributed by atoms with E-state index in [0.29, 0.717) is 29.4 Å². The largest absolute Gasteiger partial charge is 0.314 e. The minimum absolute atomic E-state index is 0.367. The second-order valence-corrected chi connectivity index (χ2v) is 6.93. The highest BCUT2D eigenvalue weighted by Crippen LogP contribution is 2.25. The monoisotopic (exact) mass is 219 g/mol. The fraction of sp³-hybridized carbons (Fsp3) is 1.00. The summed E-state index contributed by atoms with van der Waals surface area (Å²) < 4.78 is 22.5. The van der Waals surface area contributed by atoms with Crippen LogP contribution in [0.25, 0.3) is 0 Å². The molecule has 1 rings (SSSR count). The predicted molar refractivity (Wildman–Crippen MR) is 59.1 cm³/mol. The van der Waals surface area contributed by atoms with Gasteiger partial charge in [0, 0.05) is 6.04 Å². The van der Waals surface area contributed by atoms with E-state index in [1.165, 1.54) is 0 Å². The van der Waals surface area contributed by atoms with E-state index in [9.17, 15) is 8.42 Å². The summed E-state index contributed by atoms with van der Waals surface area (Å²) in [4.78, 5) is 0. The first-order valence-corrected chi connectivity index (χ1v) is 7.16. The van der Waals surface area contributed by atoms with Crippen LogP contribution in [0.3, 0.4) is 0 Å². The van der Waals surface area contributed by atoms with Crippen molar-refractivity contribution in [3.63, 3.8) is 0 Å². The third-order valence-electron chi connectivity index (χ3n) is 2.92. The predicted octanol–water partition coefficient (Wildman–Crippen LogP) is 1.06. The highest BCUT2D eigenvalue weighted by Gasteiger charge is 2.31. The van der Waals surface area contributed by atoms with Crippen LogP contribution in [0.2, 0.25) is 0 Å². The van der Waals surface area contributed by atoms with Crippen LogP contribution in [-0.4, -0.2) is 32.5 Å². The van der Waals surface area contributed by atoms with Crippen molar-refractivity contribution in [1.29, 1.82) is 0 Å². The lowest BCUT2D eigenvalue weighted by molar-refractivity contribution is 0.362. The lowest BCUT2D eigenvalue weighted by atomic mass is 9.93. The van der Waals surface area contributed by atoms with Gasteiger partial charge in [0.2, 0.25) is 0 Å². The van der Waals surface area contributed by atoms with E-state index in [0.717, 1.165) is 13.0 Å². The first-order valence-electron chi connectivity index (χ1n) is 5.34. The first kappa shape index (κ1) is 12.0. The molecule has 1 fully saturated rings. The van der Waals surface area contributed by atoms with E-state index in [2.05, 4.69) is 26.1 Å². The average molecular weight is 219 g/mol. The molecule has 1 saturated heterocycles. The molecular formula is C10H21NO2S. The molecule has 1 N–H and O–H groups in total. The standard InChI is InChI=1S/C10H21NO2S/c1-8(2)11-6-9(3)10-4-5-14(12,13)7-10/h8-11H,4-7H2,1-3H3. The molecule has 2 unspecified atom stereocenters. The second kappa shape index (κ2) is 4.62. The van der Waals surface area contributed by atoms with E-state index < -0.39 is 9.84 Å². The summed E-state index contributed by atoms with van der Waals surface area (Å²) in [6.45, 7) is 7.29. The van der Waals surface area contributed by atoms with Crippen molar-refractivity contribution in [2.75, 3.05) is 18.1 Å². The van der Waals surface area contributed by atoms with Gasteiger partial charge in [-0.1, -0.05) is 20.8 Å². The molecule has 3 nitrogen and oxygen atoms in total. The molecule has 0 aromatic rings. The van der Waals surface area contributed by atoms with Crippen LogP contribution in [0, 0.1) is 11.8 Å². The van der Waals surface area contributed by atoms with Crippen LogP contribution >= 0.6 is 0 Å². The smallest absolute Gasteiger partial charge is 0.150 e. The van der Waals surface area contributed by atoms with Gasteiger partial charge in [-0.3, -0.25) is 0 Å². The molecule has 1 aliphatic heterocycles. The second-order valence-electron chi connectivity index (χ2n) is 4.70. The van der Waals surface area contributed by atoms with Gasteiger partial charge in [-0.05, 0) is 24.8 Å². The molecule has 0 amide bonds. The fourth-order valence-electron chi connectivity index (χ4n) is 1.86. The topological polar surface area (TPSA) is 46.2 Å². The average Bonchev–Trinajstić information content (AvgIpc) is 2.41. The maximum absolute atomic E-state index is 11.3. The third-order valence-corrected chi connectivity index (χ3v) is 4.71. The van der Waals surface area contributed by atoms with Gasteiger partial charge in [0.15, 0.2) is 9.84 Å². The number of hydrogen-bond donors (Lipinski definition) is 1. The van der Waals surface area contributed by atoms with E-state index in [1.54, 1.807) is 0 Å². The summed E-state index contributed by atoms with van der Waals surface area (Å²) in [6.07, 6.45) is 0.850. The van der Waals surface area contributed by atoms with Crippen LogP contribution in [0.15, 0.2) is 0 Å². The van der Waals surface area contributed by atoms with Gasteiger partial charge >= 0.3 is 0 Å². The Balaban J connectivity index is 2.36. The van der Waals surface area contributed by atoms with Crippen molar-refractivity contribution < 1.29 is 8.42 Å². The zero-order valence-electron chi connectivity index (χ0n) is 9.29. The molecule has 4 heteroatoms. The van der Waals surface area contributed by atoms with Crippen molar-refractivity contribution in [3.05, 3.63) is 0 Å². The van der Waals surface area contributed by atoms with Gasteiger partial charge in [0.05, 0.1) is 11.5 Å². The SMILES string of the molecule is CC(C)NCC(C)C1CCS(=O)(=O)C1. The van der Waals surface area contributed by atoms with E-state index in [1.807, 2.05) is 0 Å². The summed E-state index contributed by atoms with van der Waals surface area (Å²) in [6, 6.07) is 0.482. The van der Waals surface area contributed by atoms with Crippen LogP contribution in [0.1, 0.15) is 27.2 Å². The molecule has 0 spiro atoms. The molecular weight excluding hydrogens is 198 g/mol. The van der Waals surface area contributed by atoms with Gasteiger partial charge in [-0.2, -0.15) is 0 Å². The maximum Gasteiger partial charge on any atom is 0.150 e. The van der Waals surface area contributed by atoms with E-state index in [4.69, 9.17) is 0 Å². The lowest BCUT2D eigenvalue weighted by Gasteiger charge is -2.19. The van der Waals surface area contributed by atoms with Crippen LogP contribution in [-0.2, 0) is 9.84 Å². The van der Waals surface area contributed by atoms with Crippen molar-refractivity contribution in [1.82, 2.24) is 5.32 Å². The number of rotatable bonds is 4. The number of hydrogen-bond acceptors (Lipinski definition) is 3. The van der Waals surface area contributed by atoms with Gasteiger partial charge in [0.1, 0.15) is 0 Å². The zero-order valence-corrected chi connectivity index (χ0v) is 10.1. The molecule has 14 heavy (non-hydrogen) atoms. The van der Waals surface area contributed by atoms with Crippen LogP contribution in [0.5, 0.6) is 0 Å². The van der Waals surface area contributed by atoms with Gasteiger partial charge in [-0.25, -0.2) is 8.42 Å². The van der Waals surface area contributed by atoms with Crippen molar-refractivity contribution >= 4 is 9.84 Å². The van der Waals surface area contributed by atoms with Crippen LogP contribution in [0.4, 0.5) is 0 Å². The Labute approximate surface area is 87.2 Å². The zero-order chi connectivity index (χ0) is 10.8. The molecule has 0 aliphatic carbocycles. The summed E-state index contributed by atoms with van der Waals surface area (Å²) in [5, 5.41) is 3.35. The molecule has 0 aromatic heterocycles. The van der Waals surface area contributed by atoms with E-state index in [-0.39, 0.29) is 0 Å². The quantitative estimate of drug-likeness (QED) is 0.769. The van der Waals surface area contributed by atoms with Crippen LogP contribution < -0.4 is 5.32 Å². The Bertz CT molecular complexity index is 272. The lowest BCUT2D eigenvalue weighted by Crippen LogP contribution is -2.31. The Morgan fingerprint density at radius 2 is 2.00 bits per heavy atom. The molecule has 2 atom stereocenters. The molecule has 0 bridgehead atoms. The summed E-state index contributed by atoms with van der Waals surface area (Å²) in [7, 11) is -2.71. The Kier molecular flexibility index (Phi) is 3.95. The fourth-order valence-corrected chi connectivity index (χ4v) is 3.84. The maximum atomic E-state index is 11.3. The Morgan fingerprint density at radius 3 is 2.43 bits per heavy atom. The molecule has 1 aliphatic rings. The minimum Gasteiger partial charge on any atom is -0.314 e.